The molecule has 0 radical (unpaired) electrons. The summed E-state index contributed by atoms with van der Waals surface area (Å²) in [6, 6.07) is 0. The van der Waals surface area contributed by atoms with E-state index in [2.05, 4.69) is 42.8 Å². The summed E-state index contributed by atoms with van der Waals surface area (Å²) in [5, 5.41) is 3.00. The molecule has 0 aromatic carbocycles. The molecule has 1 N–H and O–H groups in total. The van der Waals surface area contributed by atoms with Gasteiger partial charge in [0.15, 0.2) is 0 Å². The van der Waals surface area contributed by atoms with E-state index in [1.165, 1.54) is 0 Å². The predicted octanol–water partition coefficient (Wildman–Crippen LogP) is 1.54. The van der Waals surface area contributed by atoms with Crippen LogP contribution < -0.4 is 5.32 Å². The lowest BCUT2D eigenvalue weighted by Crippen LogP contribution is -2.16. The number of hydrogen-bond acceptors (Lipinski definition) is 3. The van der Waals surface area contributed by atoms with Gasteiger partial charge in [0.25, 0.3) is 0 Å². The first-order chi connectivity index (χ1) is 8.27. The van der Waals surface area contributed by atoms with Crippen molar-refractivity contribution in [2.24, 2.45) is 5.92 Å². The van der Waals surface area contributed by atoms with E-state index >= 15 is 0 Å². The molecule has 0 aliphatic rings. The van der Waals surface area contributed by atoms with Gasteiger partial charge in [-0.15, -0.1) is 0 Å². The average Bonchev–Trinajstić information content (AvgIpc) is 2.30. The molecule has 0 atom stereocenters. The highest BCUT2D eigenvalue weighted by atomic mass is 16.5. The molecule has 3 heteroatoms. The minimum Gasteiger partial charge on any atom is -0.378 e. The molecule has 98 valence electrons. The first-order valence-electron chi connectivity index (χ1n) is 6.03. The molecule has 0 aromatic rings. The lowest BCUT2D eigenvalue weighted by molar-refractivity contribution is 0.0619. The highest BCUT2D eigenvalue weighted by Gasteiger charge is 1.87. The lowest BCUT2D eigenvalue weighted by Gasteiger charge is -2.02. The van der Waals surface area contributed by atoms with Crippen LogP contribution in [0, 0.1) is 29.6 Å². The fraction of sp³-hybridized carbons (Fsp3) is 0.714. The van der Waals surface area contributed by atoms with Crippen LogP contribution in [0.5, 0.6) is 0 Å². The summed E-state index contributed by atoms with van der Waals surface area (Å²) in [5.41, 5.74) is 0. The van der Waals surface area contributed by atoms with E-state index in [0.717, 1.165) is 13.0 Å². The summed E-state index contributed by atoms with van der Waals surface area (Å²) >= 11 is 0. The van der Waals surface area contributed by atoms with Crippen LogP contribution in [0.25, 0.3) is 0 Å². The minimum atomic E-state index is 0. The van der Waals surface area contributed by atoms with Crippen LogP contribution in [0.4, 0.5) is 0 Å². The second-order valence-corrected chi connectivity index (χ2v) is 3.97. The highest BCUT2D eigenvalue weighted by Crippen LogP contribution is 1.95. The van der Waals surface area contributed by atoms with Crippen LogP contribution in [0.3, 0.4) is 0 Å². The van der Waals surface area contributed by atoms with Gasteiger partial charge < -0.3 is 14.8 Å². The second-order valence-electron chi connectivity index (χ2n) is 3.97. The van der Waals surface area contributed by atoms with Crippen LogP contribution in [-0.2, 0) is 9.47 Å². The number of likely N-dealkylation sites (N-methyl/N-ethyl adjacent to an activating group) is 1. The van der Waals surface area contributed by atoms with E-state index < -0.39 is 0 Å². The first kappa shape index (κ1) is 16.0. The standard InChI is InChI=1S/C14H23NO2.H2/c1-14(2)8-6-4-5-7-10-16-12-13-17-11-9-15-3;/h14-15H,8-13H2,1-3H3;1H. The van der Waals surface area contributed by atoms with Crippen LogP contribution in [0.2, 0.25) is 0 Å². The molecule has 0 aliphatic carbocycles. The van der Waals surface area contributed by atoms with Gasteiger partial charge in [-0.05, 0) is 24.8 Å². The van der Waals surface area contributed by atoms with E-state index in [9.17, 15) is 0 Å². The van der Waals surface area contributed by atoms with Gasteiger partial charge in [-0.3, -0.25) is 0 Å². The van der Waals surface area contributed by atoms with Crippen molar-refractivity contribution >= 4 is 0 Å². The third kappa shape index (κ3) is 15.0. The van der Waals surface area contributed by atoms with Gasteiger partial charge in [-0.25, -0.2) is 0 Å². The molecule has 0 aliphatic heterocycles. The molecule has 0 bridgehead atoms. The van der Waals surface area contributed by atoms with Crippen LogP contribution in [0.1, 0.15) is 21.7 Å². The maximum Gasteiger partial charge on any atom is 0.108 e. The molecule has 0 unspecified atom stereocenters. The molecule has 0 heterocycles. The molecule has 0 rings (SSSR count). The fourth-order valence-corrected chi connectivity index (χ4v) is 0.897. The van der Waals surface area contributed by atoms with Crippen molar-refractivity contribution in [3.63, 3.8) is 0 Å². The van der Waals surface area contributed by atoms with Crippen molar-refractivity contribution in [1.82, 2.24) is 5.32 Å². The zero-order valence-electron chi connectivity index (χ0n) is 11.1. The van der Waals surface area contributed by atoms with E-state index in [4.69, 9.17) is 9.47 Å². The van der Waals surface area contributed by atoms with Crippen LogP contribution in [0.15, 0.2) is 0 Å². The molecule has 0 saturated heterocycles. The Labute approximate surface area is 107 Å². The monoisotopic (exact) mass is 239 g/mol. The zero-order chi connectivity index (χ0) is 12.8. The third-order valence-corrected chi connectivity index (χ3v) is 1.79. The van der Waals surface area contributed by atoms with Crippen molar-refractivity contribution in [2.45, 2.75) is 20.3 Å². The topological polar surface area (TPSA) is 30.5 Å². The second kappa shape index (κ2) is 13.1. The molecule has 0 saturated carbocycles. The minimum absolute atomic E-state index is 0. The molecule has 0 fully saturated rings. The van der Waals surface area contributed by atoms with E-state index in [0.29, 0.717) is 32.3 Å². The van der Waals surface area contributed by atoms with Crippen molar-refractivity contribution < 1.29 is 10.9 Å². The number of nitrogens with one attached hydrogen (secondary N) is 1. The van der Waals surface area contributed by atoms with Gasteiger partial charge in [-0.1, -0.05) is 25.7 Å². The number of ether oxygens (including phenoxy) is 2. The average molecular weight is 239 g/mol. The van der Waals surface area contributed by atoms with Gasteiger partial charge in [0.2, 0.25) is 0 Å². The summed E-state index contributed by atoms with van der Waals surface area (Å²) in [6.07, 6.45) is 0.898. The summed E-state index contributed by atoms with van der Waals surface area (Å²) in [4.78, 5) is 0. The van der Waals surface area contributed by atoms with E-state index in [1.54, 1.807) is 0 Å². The van der Waals surface area contributed by atoms with Crippen LogP contribution >= 0.6 is 0 Å². The predicted molar refractivity (Wildman–Crippen MR) is 72.7 cm³/mol. The molecule has 0 spiro atoms. The molecule has 17 heavy (non-hydrogen) atoms. The normalized spacial score (nSPS) is 9.41. The number of rotatable bonds is 8. The van der Waals surface area contributed by atoms with Gasteiger partial charge in [0, 0.05) is 14.4 Å². The molecule has 3 nitrogen and oxygen atoms in total. The van der Waals surface area contributed by atoms with Crippen LogP contribution in [-0.4, -0.2) is 40.0 Å². The Morgan fingerprint density at radius 3 is 2.47 bits per heavy atom. The third-order valence-electron chi connectivity index (χ3n) is 1.79. The van der Waals surface area contributed by atoms with Gasteiger partial charge >= 0.3 is 0 Å². The van der Waals surface area contributed by atoms with E-state index in [-0.39, 0.29) is 1.43 Å². The highest BCUT2D eigenvalue weighted by molar-refractivity contribution is 5.25. The Balaban J connectivity index is 0. The fourth-order valence-electron chi connectivity index (χ4n) is 0.897. The Hall–Kier alpha value is -1.000. The largest absolute Gasteiger partial charge is 0.378 e. The van der Waals surface area contributed by atoms with Crippen molar-refractivity contribution in [3.05, 3.63) is 0 Å². The van der Waals surface area contributed by atoms with Gasteiger partial charge in [0.05, 0.1) is 19.8 Å². The summed E-state index contributed by atoms with van der Waals surface area (Å²) in [6.45, 7) is 7.47. The van der Waals surface area contributed by atoms with Gasteiger partial charge in [0.1, 0.15) is 6.61 Å². The Morgan fingerprint density at radius 2 is 1.76 bits per heavy atom. The molecule has 0 amide bonds. The van der Waals surface area contributed by atoms with Crippen molar-refractivity contribution in [3.8, 4) is 23.7 Å². The molecule has 0 aromatic heterocycles. The summed E-state index contributed by atoms with van der Waals surface area (Å²) in [7, 11) is 1.90. The Bertz CT molecular complexity index is 284. The van der Waals surface area contributed by atoms with Gasteiger partial charge in [-0.2, -0.15) is 0 Å². The molecular formula is C14H25NO2. The maximum absolute atomic E-state index is 5.28. The zero-order valence-corrected chi connectivity index (χ0v) is 11.1. The molecular weight excluding hydrogens is 214 g/mol. The Morgan fingerprint density at radius 1 is 1.06 bits per heavy atom. The SMILES string of the molecule is CNCCOCCOCC#CC#CCC(C)C.[HH]. The Kier molecular flexibility index (Phi) is 12.3. The van der Waals surface area contributed by atoms with Crippen molar-refractivity contribution in [1.29, 1.82) is 0 Å². The summed E-state index contributed by atoms with van der Waals surface area (Å²) in [5.74, 6) is 12.0. The maximum atomic E-state index is 5.28. The number of hydrogen-bond donors (Lipinski definition) is 1. The lowest BCUT2D eigenvalue weighted by atomic mass is 10.1. The smallest absolute Gasteiger partial charge is 0.108 e. The quantitative estimate of drug-likeness (QED) is 0.515. The van der Waals surface area contributed by atoms with Crippen molar-refractivity contribution in [2.75, 3.05) is 40.0 Å². The van der Waals surface area contributed by atoms with E-state index in [1.807, 2.05) is 7.05 Å². The first-order valence-corrected chi connectivity index (χ1v) is 6.03. The summed E-state index contributed by atoms with van der Waals surface area (Å²) < 4.78 is 10.5.